The number of hydrogen-bond donors (Lipinski definition) is 0. The Kier molecular flexibility index (Phi) is 11.4. The van der Waals surface area contributed by atoms with Crippen molar-refractivity contribution in [3.63, 3.8) is 0 Å². The molecule has 0 heterocycles. The van der Waals surface area contributed by atoms with Gasteiger partial charge in [-0.3, -0.25) is 0 Å². The van der Waals surface area contributed by atoms with Gasteiger partial charge in [0.1, 0.15) is 0 Å². The molecule has 11 aromatic carbocycles. The SMILES string of the molecule is CC1(C)C2=C(C=CCC2)c2ccc(N(c3ccc4c(c3)-c3ccccc3C4(C)C)c3c4ccc(-c5ccccc5)cc4c(N(C4=CCC5C(=C4)C(C)(C)c4ccccc45)c4ccc5c(c4)C(C)(C)c4ccccc4-5)c4ccc(-c5ccccc5)cc34)cc21. The molecule has 6 aliphatic rings. The quantitative estimate of drug-likeness (QED) is 0.111. The van der Waals surface area contributed by atoms with Crippen molar-refractivity contribution in [2.24, 2.45) is 0 Å². The Balaban J connectivity index is 1.01. The first kappa shape index (κ1) is 52.8. The summed E-state index contributed by atoms with van der Waals surface area (Å²) in [7, 11) is 0. The number of fused-ring (bicyclic) bond motifs is 13. The first-order valence-electron chi connectivity index (χ1n) is 32.0. The molecule has 0 saturated carbocycles. The molecule has 17 rings (SSSR count). The molecule has 1 unspecified atom stereocenters. The summed E-state index contributed by atoms with van der Waals surface area (Å²) in [6.07, 6.45) is 13.0. The average molecular weight is 1130 g/mol. The van der Waals surface area contributed by atoms with E-state index in [9.17, 15) is 0 Å². The fraction of sp³-hybridized carbons (Fsp3) is 0.186. The van der Waals surface area contributed by atoms with Crippen LogP contribution in [0.25, 0.3) is 71.6 Å². The molecule has 0 aromatic heterocycles. The summed E-state index contributed by atoms with van der Waals surface area (Å²) in [6, 6.07) is 86.4. The Morgan fingerprint density at radius 1 is 0.364 bits per heavy atom. The lowest BCUT2D eigenvalue weighted by Crippen LogP contribution is -2.24. The maximum Gasteiger partial charge on any atom is 0.0620 e. The standard InChI is InChI=1S/C86H72N2/c1-83(2)76-34-22-18-30-64(76)70-49-57(40-46-77(70)83)87(58-37-43-65-61-27-15-19-31-73(61)84(3,4)78(65)50-58)81-68-41-35-56(54-25-13-10-14-26-54)48-72(68)82(69-42-36-55(47-71(69)81)53-23-11-9-12-24-53)88(59-38-44-66-62-28-16-20-32-74(62)85(5,6)79(66)51-59)60-39-45-67-63-29-17-21-33-75(63)86(7,8)80(67)52-60/h9-18,20-30,32-44,46-52,67H,19,31,45H2,1-8H3. The topological polar surface area (TPSA) is 6.48 Å². The molecule has 11 aromatic rings. The van der Waals surface area contributed by atoms with Gasteiger partial charge in [0.25, 0.3) is 0 Å². The number of anilines is 5. The minimum atomic E-state index is -0.214. The van der Waals surface area contributed by atoms with Crippen LogP contribution in [0.5, 0.6) is 0 Å². The Bertz CT molecular complexity index is 4940. The second kappa shape index (κ2) is 19.0. The minimum absolute atomic E-state index is 0.139. The Morgan fingerprint density at radius 2 is 0.864 bits per heavy atom. The van der Waals surface area contributed by atoms with Gasteiger partial charge >= 0.3 is 0 Å². The van der Waals surface area contributed by atoms with Crippen molar-refractivity contribution in [1.29, 1.82) is 0 Å². The summed E-state index contributed by atoms with van der Waals surface area (Å²) in [5.74, 6) is 0.312. The zero-order chi connectivity index (χ0) is 59.6. The third-order valence-electron chi connectivity index (χ3n) is 21.8. The van der Waals surface area contributed by atoms with E-state index in [0.717, 1.165) is 36.3 Å². The van der Waals surface area contributed by atoms with Crippen LogP contribution in [0, 0.1) is 0 Å². The summed E-state index contributed by atoms with van der Waals surface area (Å²) in [5, 5.41) is 4.75. The monoisotopic (exact) mass is 1130 g/mol. The van der Waals surface area contributed by atoms with Crippen molar-refractivity contribution in [3.05, 3.63) is 310 Å². The van der Waals surface area contributed by atoms with E-state index < -0.39 is 0 Å². The summed E-state index contributed by atoms with van der Waals surface area (Å²) in [6.45, 7) is 19.5. The Morgan fingerprint density at radius 3 is 1.52 bits per heavy atom. The van der Waals surface area contributed by atoms with Gasteiger partial charge in [-0.2, -0.15) is 0 Å². The van der Waals surface area contributed by atoms with Gasteiger partial charge in [-0.25, -0.2) is 0 Å². The fourth-order valence-electron chi connectivity index (χ4n) is 17.2. The molecule has 0 radical (unpaired) electrons. The van der Waals surface area contributed by atoms with Crippen molar-refractivity contribution in [2.45, 2.75) is 102 Å². The molecule has 0 saturated heterocycles. The van der Waals surface area contributed by atoms with Crippen molar-refractivity contribution >= 4 is 55.6 Å². The van der Waals surface area contributed by atoms with Crippen LogP contribution in [0.2, 0.25) is 0 Å². The van der Waals surface area contributed by atoms with Crippen LogP contribution in [0.3, 0.4) is 0 Å². The van der Waals surface area contributed by atoms with Crippen molar-refractivity contribution in [2.75, 3.05) is 9.80 Å². The average Bonchev–Trinajstić information content (AvgIpc) is 1.19. The lowest BCUT2D eigenvalue weighted by Gasteiger charge is -2.36. The maximum absolute atomic E-state index is 2.69. The first-order chi connectivity index (χ1) is 42.7. The number of rotatable bonds is 8. The van der Waals surface area contributed by atoms with Crippen LogP contribution in [0.4, 0.5) is 28.4 Å². The van der Waals surface area contributed by atoms with E-state index in [1.807, 2.05) is 0 Å². The Hall–Kier alpha value is -9.50. The van der Waals surface area contributed by atoms with Crippen LogP contribution in [0.1, 0.15) is 125 Å². The van der Waals surface area contributed by atoms with Crippen LogP contribution in [0.15, 0.2) is 266 Å². The second-order valence-corrected chi connectivity index (χ2v) is 27.8. The van der Waals surface area contributed by atoms with E-state index in [1.54, 1.807) is 5.57 Å². The molecule has 0 spiro atoms. The zero-order valence-electron chi connectivity index (χ0n) is 51.8. The van der Waals surface area contributed by atoms with Crippen molar-refractivity contribution in [1.82, 2.24) is 0 Å². The lowest BCUT2D eigenvalue weighted by molar-refractivity contribution is 0.607. The third-order valence-corrected chi connectivity index (χ3v) is 21.8. The predicted octanol–water partition coefficient (Wildman–Crippen LogP) is 23.2. The molecule has 426 valence electrons. The molecule has 1 atom stereocenters. The molecule has 2 nitrogen and oxygen atoms in total. The van der Waals surface area contributed by atoms with E-state index in [2.05, 4.69) is 314 Å². The zero-order valence-corrected chi connectivity index (χ0v) is 51.8. The third kappa shape index (κ3) is 7.54. The van der Waals surface area contributed by atoms with Gasteiger partial charge in [0.05, 0.1) is 11.4 Å². The maximum atomic E-state index is 2.69. The highest BCUT2D eigenvalue weighted by Crippen LogP contribution is 2.60. The van der Waals surface area contributed by atoms with Crippen LogP contribution in [-0.4, -0.2) is 0 Å². The number of benzene rings is 11. The van der Waals surface area contributed by atoms with Crippen LogP contribution >= 0.6 is 0 Å². The van der Waals surface area contributed by atoms with E-state index in [-0.39, 0.29) is 21.7 Å². The normalized spacial score (nSPS) is 17.9. The predicted molar refractivity (Wildman–Crippen MR) is 372 cm³/mol. The van der Waals surface area contributed by atoms with Gasteiger partial charge in [-0.05, 0) is 168 Å². The van der Waals surface area contributed by atoms with Gasteiger partial charge in [0.2, 0.25) is 0 Å². The van der Waals surface area contributed by atoms with Gasteiger partial charge in [-0.1, -0.05) is 261 Å². The van der Waals surface area contributed by atoms with Crippen LogP contribution < -0.4 is 9.80 Å². The molecule has 88 heavy (non-hydrogen) atoms. The minimum Gasteiger partial charge on any atom is -0.310 e. The summed E-state index contributed by atoms with van der Waals surface area (Å²) in [5.41, 5.74) is 31.9. The van der Waals surface area contributed by atoms with Crippen molar-refractivity contribution < 1.29 is 0 Å². The molecular formula is C86H72N2. The molecule has 0 fully saturated rings. The number of hydrogen-bond acceptors (Lipinski definition) is 2. The smallest absolute Gasteiger partial charge is 0.0620 e. The van der Waals surface area contributed by atoms with Crippen LogP contribution in [-0.2, 0) is 21.7 Å². The number of nitrogens with zero attached hydrogens (tertiary/aromatic N) is 2. The summed E-state index contributed by atoms with van der Waals surface area (Å²) in [4.78, 5) is 5.35. The highest BCUT2D eigenvalue weighted by atomic mass is 15.2. The lowest BCUT2D eigenvalue weighted by atomic mass is 9.78. The first-order valence-corrected chi connectivity index (χ1v) is 32.0. The second-order valence-electron chi connectivity index (χ2n) is 27.8. The van der Waals surface area contributed by atoms with E-state index >= 15 is 0 Å². The van der Waals surface area contributed by atoms with Crippen molar-refractivity contribution in [3.8, 4) is 44.5 Å². The largest absolute Gasteiger partial charge is 0.310 e. The summed E-state index contributed by atoms with van der Waals surface area (Å²) >= 11 is 0. The van der Waals surface area contributed by atoms with E-state index in [1.165, 1.54) is 139 Å². The van der Waals surface area contributed by atoms with E-state index in [4.69, 9.17) is 0 Å². The number of allylic oxidation sites excluding steroid dienone is 7. The van der Waals surface area contributed by atoms with Gasteiger partial charge in [0.15, 0.2) is 0 Å². The highest BCUT2D eigenvalue weighted by Gasteiger charge is 2.44. The van der Waals surface area contributed by atoms with Gasteiger partial charge in [0, 0.05) is 71.9 Å². The van der Waals surface area contributed by atoms with E-state index in [0.29, 0.717) is 5.92 Å². The molecule has 0 N–H and O–H groups in total. The van der Waals surface area contributed by atoms with Gasteiger partial charge in [-0.15, -0.1) is 0 Å². The molecule has 2 heteroatoms. The van der Waals surface area contributed by atoms with Gasteiger partial charge < -0.3 is 9.80 Å². The Labute approximate surface area is 519 Å². The molecular weight excluding hydrogens is 1060 g/mol. The molecule has 0 amide bonds. The molecule has 0 aliphatic heterocycles. The molecule has 0 bridgehead atoms. The summed E-state index contributed by atoms with van der Waals surface area (Å²) < 4.78 is 0. The molecule has 6 aliphatic carbocycles. The highest BCUT2D eigenvalue weighted by molar-refractivity contribution is 6.24. The fourth-order valence-corrected chi connectivity index (χ4v) is 17.2.